The van der Waals surface area contributed by atoms with Crippen LogP contribution in [0, 0.1) is 16.7 Å². The zero-order chi connectivity index (χ0) is 13.6. The summed E-state index contributed by atoms with van der Waals surface area (Å²) < 4.78 is 0. The SMILES string of the molecule is CC1(C)C(C(=O)N2CCN(CCO)CC2)C1(C)C. The van der Waals surface area contributed by atoms with Gasteiger partial charge < -0.3 is 10.0 Å². The molecule has 1 saturated heterocycles. The number of carbonyl (C=O) groups is 1. The number of rotatable bonds is 3. The molecule has 0 radical (unpaired) electrons. The van der Waals surface area contributed by atoms with Crippen molar-refractivity contribution >= 4 is 5.91 Å². The maximum Gasteiger partial charge on any atom is 0.226 e. The van der Waals surface area contributed by atoms with Crippen molar-refractivity contribution in [2.24, 2.45) is 16.7 Å². The molecule has 104 valence electrons. The molecule has 1 aliphatic carbocycles. The zero-order valence-electron chi connectivity index (χ0n) is 12.1. The smallest absolute Gasteiger partial charge is 0.226 e. The van der Waals surface area contributed by atoms with E-state index in [1.807, 2.05) is 4.90 Å². The molecule has 1 amide bonds. The van der Waals surface area contributed by atoms with Crippen molar-refractivity contribution in [2.45, 2.75) is 27.7 Å². The van der Waals surface area contributed by atoms with E-state index in [-0.39, 0.29) is 23.4 Å². The molecule has 2 rings (SSSR count). The first-order chi connectivity index (χ1) is 8.32. The van der Waals surface area contributed by atoms with Crippen molar-refractivity contribution in [3.8, 4) is 0 Å². The molecular weight excluding hydrogens is 228 g/mol. The van der Waals surface area contributed by atoms with Gasteiger partial charge in [0.1, 0.15) is 0 Å². The maximum absolute atomic E-state index is 12.5. The quantitative estimate of drug-likeness (QED) is 0.810. The van der Waals surface area contributed by atoms with E-state index in [0.29, 0.717) is 5.91 Å². The van der Waals surface area contributed by atoms with Crippen LogP contribution in [0.3, 0.4) is 0 Å². The number of hydrogen-bond acceptors (Lipinski definition) is 3. The summed E-state index contributed by atoms with van der Waals surface area (Å²) in [6, 6.07) is 0. The Morgan fingerprint density at radius 1 is 1.11 bits per heavy atom. The van der Waals surface area contributed by atoms with Crippen LogP contribution in [0.1, 0.15) is 27.7 Å². The average molecular weight is 254 g/mol. The fourth-order valence-corrected chi connectivity index (χ4v) is 3.33. The van der Waals surface area contributed by atoms with Gasteiger partial charge in [-0.1, -0.05) is 27.7 Å². The zero-order valence-corrected chi connectivity index (χ0v) is 12.1. The lowest BCUT2D eigenvalue weighted by molar-refractivity contribution is -0.135. The lowest BCUT2D eigenvalue weighted by atomic mass is 10.0. The molecule has 0 aromatic heterocycles. The summed E-state index contributed by atoms with van der Waals surface area (Å²) in [5, 5.41) is 8.91. The van der Waals surface area contributed by atoms with Crippen molar-refractivity contribution in [1.29, 1.82) is 0 Å². The van der Waals surface area contributed by atoms with Crippen molar-refractivity contribution in [3.05, 3.63) is 0 Å². The van der Waals surface area contributed by atoms with Gasteiger partial charge in [-0.25, -0.2) is 0 Å². The van der Waals surface area contributed by atoms with Gasteiger partial charge in [-0.05, 0) is 10.8 Å². The van der Waals surface area contributed by atoms with E-state index in [0.717, 1.165) is 32.7 Å². The molecule has 0 atom stereocenters. The molecule has 1 N–H and O–H groups in total. The highest BCUT2D eigenvalue weighted by Gasteiger charge is 2.68. The van der Waals surface area contributed by atoms with Gasteiger partial charge in [-0.2, -0.15) is 0 Å². The van der Waals surface area contributed by atoms with E-state index in [1.54, 1.807) is 0 Å². The summed E-state index contributed by atoms with van der Waals surface area (Å²) in [6.45, 7) is 13.1. The summed E-state index contributed by atoms with van der Waals surface area (Å²) in [5.74, 6) is 0.503. The number of carbonyl (C=O) groups excluding carboxylic acids is 1. The topological polar surface area (TPSA) is 43.8 Å². The Labute approximate surface area is 110 Å². The van der Waals surface area contributed by atoms with E-state index in [2.05, 4.69) is 32.6 Å². The standard InChI is InChI=1S/C14H26N2O2/c1-13(2)11(14(13,3)4)12(18)16-7-5-15(6-8-16)9-10-17/h11,17H,5-10H2,1-4H3. The number of hydrogen-bond donors (Lipinski definition) is 1. The van der Waals surface area contributed by atoms with E-state index >= 15 is 0 Å². The minimum Gasteiger partial charge on any atom is -0.395 e. The van der Waals surface area contributed by atoms with Crippen LogP contribution >= 0.6 is 0 Å². The second-order valence-electron chi connectivity index (χ2n) is 6.77. The van der Waals surface area contributed by atoms with Crippen LogP contribution < -0.4 is 0 Å². The van der Waals surface area contributed by atoms with Crippen LogP contribution in [0.4, 0.5) is 0 Å². The molecule has 0 aromatic rings. The summed E-state index contributed by atoms with van der Waals surface area (Å²) >= 11 is 0. The van der Waals surface area contributed by atoms with E-state index < -0.39 is 0 Å². The minimum absolute atomic E-state index is 0.131. The number of nitrogens with zero attached hydrogens (tertiary/aromatic N) is 2. The van der Waals surface area contributed by atoms with Crippen molar-refractivity contribution < 1.29 is 9.90 Å². The van der Waals surface area contributed by atoms with Gasteiger partial charge in [0.15, 0.2) is 0 Å². The first-order valence-electron chi connectivity index (χ1n) is 6.94. The largest absolute Gasteiger partial charge is 0.395 e. The van der Waals surface area contributed by atoms with Gasteiger partial charge in [0.2, 0.25) is 5.91 Å². The number of piperazine rings is 1. The average Bonchev–Trinajstić information content (AvgIpc) is 2.70. The van der Waals surface area contributed by atoms with Crippen molar-refractivity contribution in [3.63, 3.8) is 0 Å². The fourth-order valence-electron chi connectivity index (χ4n) is 3.33. The highest BCUT2D eigenvalue weighted by molar-refractivity contribution is 5.84. The van der Waals surface area contributed by atoms with Crippen LogP contribution in [0.25, 0.3) is 0 Å². The number of amides is 1. The first kappa shape index (κ1) is 13.8. The fraction of sp³-hybridized carbons (Fsp3) is 0.929. The normalized spacial score (nSPS) is 27.3. The Bertz CT molecular complexity index is 317. The highest BCUT2D eigenvalue weighted by atomic mass is 16.3. The molecular formula is C14H26N2O2. The van der Waals surface area contributed by atoms with Crippen LogP contribution in [0.5, 0.6) is 0 Å². The second-order valence-corrected chi connectivity index (χ2v) is 6.77. The Kier molecular flexibility index (Phi) is 3.45. The first-order valence-corrected chi connectivity index (χ1v) is 6.94. The van der Waals surface area contributed by atoms with E-state index in [9.17, 15) is 4.79 Å². The highest BCUT2D eigenvalue weighted by Crippen LogP contribution is 2.68. The summed E-state index contributed by atoms with van der Waals surface area (Å²) in [4.78, 5) is 16.7. The van der Waals surface area contributed by atoms with Gasteiger partial charge in [-0.15, -0.1) is 0 Å². The lowest BCUT2D eigenvalue weighted by Gasteiger charge is -2.34. The lowest BCUT2D eigenvalue weighted by Crippen LogP contribution is -2.50. The second kappa shape index (κ2) is 4.49. The molecule has 4 nitrogen and oxygen atoms in total. The molecule has 1 heterocycles. The third-order valence-corrected chi connectivity index (χ3v) is 5.37. The molecule has 2 aliphatic rings. The number of aliphatic hydroxyl groups is 1. The van der Waals surface area contributed by atoms with E-state index in [4.69, 9.17) is 5.11 Å². The number of β-amino-alcohol motifs (C(OH)–C–C–N with tert-alkyl or cyclic N) is 1. The van der Waals surface area contributed by atoms with Crippen LogP contribution in [0.2, 0.25) is 0 Å². The molecule has 0 unspecified atom stereocenters. The van der Waals surface area contributed by atoms with E-state index in [1.165, 1.54) is 0 Å². The Morgan fingerprint density at radius 2 is 1.61 bits per heavy atom. The van der Waals surface area contributed by atoms with Gasteiger partial charge in [0.05, 0.1) is 6.61 Å². The molecule has 4 heteroatoms. The molecule has 2 fully saturated rings. The van der Waals surface area contributed by atoms with Crippen LogP contribution in [0.15, 0.2) is 0 Å². The summed E-state index contributed by atoms with van der Waals surface area (Å²) in [6.07, 6.45) is 0. The summed E-state index contributed by atoms with van der Waals surface area (Å²) in [5.41, 5.74) is 0.263. The summed E-state index contributed by atoms with van der Waals surface area (Å²) in [7, 11) is 0. The minimum atomic E-state index is 0.131. The van der Waals surface area contributed by atoms with Crippen LogP contribution in [-0.2, 0) is 4.79 Å². The molecule has 0 aromatic carbocycles. The predicted molar refractivity (Wildman–Crippen MR) is 71.2 cm³/mol. The molecule has 0 spiro atoms. The third-order valence-electron chi connectivity index (χ3n) is 5.37. The van der Waals surface area contributed by atoms with Crippen LogP contribution in [-0.4, -0.2) is 60.1 Å². The van der Waals surface area contributed by atoms with Gasteiger partial charge >= 0.3 is 0 Å². The predicted octanol–water partition coefficient (Wildman–Crippen LogP) is 0.805. The monoisotopic (exact) mass is 254 g/mol. The molecule has 18 heavy (non-hydrogen) atoms. The Morgan fingerprint density at radius 3 is 2.00 bits per heavy atom. The van der Waals surface area contributed by atoms with Gasteiger partial charge in [0.25, 0.3) is 0 Å². The third kappa shape index (κ3) is 2.05. The number of aliphatic hydroxyl groups excluding tert-OH is 1. The van der Waals surface area contributed by atoms with Gasteiger partial charge in [-0.3, -0.25) is 9.69 Å². The van der Waals surface area contributed by atoms with Gasteiger partial charge in [0, 0.05) is 38.6 Å². The van der Waals surface area contributed by atoms with Crippen molar-refractivity contribution in [2.75, 3.05) is 39.3 Å². The van der Waals surface area contributed by atoms with Crippen molar-refractivity contribution in [1.82, 2.24) is 9.80 Å². The molecule has 1 aliphatic heterocycles. The Balaban J connectivity index is 1.90. The molecule has 1 saturated carbocycles. The molecule has 0 bridgehead atoms. The maximum atomic E-state index is 12.5. The Hall–Kier alpha value is -0.610.